The summed E-state index contributed by atoms with van der Waals surface area (Å²) >= 11 is 0. The van der Waals surface area contributed by atoms with Crippen molar-refractivity contribution in [2.45, 2.75) is 12.8 Å². The summed E-state index contributed by atoms with van der Waals surface area (Å²) in [4.78, 5) is 28.7. The zero-order valence-electron chi connectivity index (χ0n) is 14.6. The van der Waals surface area contributed by atoms with Gasteiger partial charge in [0.2, 0.25) is 0 Å². The van der Waals surface area contributed by atoms with Crippen molar-refractivity contribution >= 4 is 22.9 Å². The van der Waals surface area contributed by atoms with E-state index in [0.717, 1.165) is 5.56 Å². The van der Waals surface area contributed by atoms with Crippen molar-refractivity contribution in [3.63, 3.8) is 0 Å². The van der Waals surface area contributed by atoms with Crippen molar-refractivity contribution < 1.29 is 9.53 Å². The molecule has 26 heavy (non-hydrogen) atoms. The number of rotatable bonds is 6. The van der Waals surface area contributed by atoms with E-state index >= 15 is 0 Å². The summed E-state index contributed by atoms with van der Waals surface area (Å²) < 4.78 is 6.69. The lowest BCUT2D eigenvalue weighted by molar-refractivity contribution is -0.142. The molecule has 3 rings (SSSR count). The monoisotopic (exact) mass is 348 g/mol. The van der Waals surface area contributed by atoms with Gasteiger partial charge in [-0.15, -0.1) is 0 Å². The number of carbonyl (C=O) groups is 1. The minimum atomic E-state index is -0.315. The lowest BCUT2D eigenvalue weighted by Crippen LogP contribution is -2.23. The highest BCUT2D eigenvalue weighted by atomic mass is 16.5. The van der Waals surface area contributed by atoms with E-state index < -0.39 is 0 Å². The third kappa shape index (κ3) is 4.25. The van der Waals surface area contributed by atoms with Gasteiger partial charge in [-0.3, -0.25) is 14.2 Å². The Morgan fingerprint density at radius 1 is 1.12 bits per heavy atom. The highest BCUT2D eigenvalue weighted by molar-refractivity contribution is 5.77. The molecule has 0 aliphatic rings. The van der Waals surface area contributed by atoms with E-state index in [1.807, 2.05) is 48.5 Å². The second-order valence-electron chi connectivity index (χ2n) is 5.91. The first-order valence-electron chi connectivity index (χ1n) is 8.47. The summed E-state index contributed by atoms with van der Waals surface area (Å²) in [7, 11) is 1.67. The van der Waals surface area contributed by atoms with Crippen LogP contribution in [0.2, 0.25) is 0 Å². The van der Waals surface area contributed by atoms with Gasteiger partial charge in [-0.25, -0.2) is 4.98 Å². The van der Waals surface area contributed by atoms with Crippen molar-refractivity contribution in [3.05, 3.63) is 82.4 Å². The van der Waals surface area contributed by atoms with Gasteiger partial charge in [0.1, 0.15) is 12.4 Å². The standard InChI is InChI=1S/C21H20N2O3/c1-23-19(22-18-12-6-5-11-17(18)21(23)25)13-14-20(24)26-15-7-10-16-8-3-2-4-9-16/h2-12H,13-15H2,1H3/b10-7+. The molecule has 0 N–H and O–H groups in total. The van der Waals surface area contributed by atoms with E-state index in [-0.39, 0.29) is 24.6 Å². The number of para-hydroxylation sites is 1. The Kier molecular flexibility index (Phi) is 5.59. The van der Waals surface area contributed by atoms with E-state index in [1.54, 1.807) is 25.3 Å². The van der Waals surface area contributed by atoms with E-state index in [0.29, 0.717) is 23.1 Å². The van der Waals surface area contributed by atoms with Crippen LogP contribution in [-0.2, 0) is 23.0 Å². The summed E-state index contributed by atoms with van der Waals surface area (Å²) in [6.45, 7) is 0.220. The zero-order valence-corrected chi connectivity index (χ0v) is 14.6. The van der Waals surface area contributed by atoms with Gasteiger partial charge < -0.3 is 4.74 Å². The Balaban J connectivity index is 1.56. The minimum Gasteiger partial charge on any atom is -0.461 e. The average molecular weight is 348 g/mol. The number of benzene rings is 2. The van der Waals surface area contributed by atoms with Gasteiger partial charge in [-0.1, -0.05) is 48.5 Å². The Bertz CT molecular complexity index is 991. The van der Waals surface area contributed by atoms with Crippen molar-refractivity contribution in [1.29, 1.82) is 0 Å². The van der Waals surface area contributed by atoms with Crippen LogP contribution in [0.1, 0.15) is 17.8 Å². The Morgan fingerprint density at radius 3 is 2.65 bits per heavy atom. The van der Waals surface area contributed by atoms with Crippen molar-refractivity contribution in [2.75, 3.05) is 6.61 Å². The first-order valence-corrected chi connectivity index (χ1v) is 8.47. The number of carbonyl (C=O) groups excluding carboxylic acids is 1. The van der Waals surface area contributed by atoms with Gasteiger partial charge in [-0.05, 0) is 23.8 Å². The zero-order chi connectivity index (χ0) is 18.4. The predicted molar refractivity (Wildman–Crippen MR) is 102 cm³/mol. The van der Waals surface area contributed by atoms with E-state index in [9.17, 15) is 9.59 Å². The van der Waals surface area contributed by atoms with Crippen LogP contribution in [0.4, 0.5) is 0 Å². The topological polar surface area (TPSA) is 61.2 Å². The van der Waals surface area contributed by atoms with Crippen LogP contribution in [0.25, 0.3) is 17.0 Å². The van der Waals surface area contributed by atoms with Gasteiger partial charge in [-0.2, -0.15) is 0 Å². The fourth-order valence-corrected chi connectivity index (χ4v) is 2.66. The normalized spacial score (nSPS) is 11.1. The minimum absolute atomic E-state index is 0.107. The predicted octanol–water partition coefficient (Wildman–Crippen LogP) is 3.12. The highest BCUT2D eigenvalue weighted by Crippen LogP contribution is 2.09. The number of aryl methyl sites for hydroxylation is 1. The number of aromatic nitrogens is 2. The first-order chi connectivity index (χ1) is 12.6. The lowest BCUT2D eigenvalue weighted by atomic mass is 10.2. The Morgan fingerprint density at radius 2 is 1.85 bits per heavy atom. The Labute approximate surface area is 151 Å². The number of ether oxygens (including phenoxy) is 1. The number of nitrogens with zero attached hydrogens (tertiary/aromatic N) is 2. The summed E-state index contributed by atoms with van der Waals surface area (Å²) in [5.41, 5.74) is 1.59. The molecule has 0 fully saturated rings. The molecule has 132 valence electrons. The molecule has 0 amide bonds. The quantitative estimate of drug-likeness (QED) is 0.642. The van der Waals surface area contributed by atoms with Crippen LogP contribution in [0, 0.1) is 0 Å². The molecule has 0 bridgehead atoms. The maximum absolute atomic E-state index is 12.3. The fourth-order valence-electron chi connectivity index (χ4n) is 2.66. The van der Waals surface area contributed by atoms with Crippen molar-refractivity contribution in [1.82, 2.24) is 9.55 Å². The summed E-state index contributed by atoms with van der Waals surface area (Å²) in [5, 5.41) is 0.576. The molecule has 0 radical (unpaired) electrons. The van der Waals surface area contributed by atoms with Crippen LogP contribution in [0.3, 0.4) is 0 Å². The maximum atomic E-state index is 12.3. The molecule has 2 aromatic carbocycles. The number of hydrogen-bond donors (Lipinski definition) is 0. The molecule has 0 unspecified atom stereocenters. The number of fused-ring (bicyclic) bond motifs is 1. The van der Waals surface area contributed by atoms with Crippen LogP contribution in [0.5, 0.6) is 0 Å². The number of hydrogen-bond acceptors (Lipinski definition) is 4. The van der Waals surface area contributed by atoms with Gasteiger partial charge in [0, 0.05) is 13.5 Å². The molecule has 0 saturated heterocycles. The lowest BCUT2D eigenvalue weighted by Gasteiger charge is -2.08. The second-order valence-corrected chi connectivity index (χ2v) is 5.91. The Hall–Kier alpha value is -3.21. The van der Waals surface area contributed by atoms with Crippen LogP contribution in [0.15, 0.2) is 65.5 Å². The molecule has 0 saturated carbocycles. The molecule has 5 heteroatoms. The van der Waals surface area contributed by atoms with Gasteiger partial charge >= 0.3 is 5.97 Å². The highest BCUT2D eigenvalue weighted by Gasteiger charge is 2.10. The van der Waals surface area contributed by atoms with Crippen LogP contribution in [-0.4, -0.2) is 22.1 Å². The van der Waals surface area contributed by atoms with Gasteiger partial charge in [0.15, 0.2) is 0 Å². The first kappa shape index (κ1) is 17.6. The van der Waals surface area contributed by atoms with Crippen LogP contribution < -0.4 is 5.56 Å². The van der Waals surface area contributed by atoms with Crippen LogP contribution >= 0.6 is 0 Å². The molecule has 0 aliphatic heterocycles. The van der Waals surface area contributed by atoms with E-state index in [4.69, 9.17) is 4.74 Å². The van der Waals surface area contributed by atoms with E-state index in [2.05, 4.69) is 4.98 Å². The molecular weight excluding hydrogens is 328 g/mol. The smallest absolute Gasteiger partial charge is 0.306 e. The average Bonchev–Trinajstić information content (AvgIpc) is 2.68. The fraction of sp³-hybridized carbons (Fsp3) is 0.190. The van der Waals surface area contributed by atoms with Gasteiger partial charge in [0.25, 0.3) is 5.56 Å². The molecule has 3 aromatic rings. The number of esters is 1. The maximum Gasteiger partial charge on any atom is 0.306 e. The van der Waals surface area contributed by atoms with Crippen molar-refractivity contribution in [3.8, 4) is 0 Å². The molecule has 1 heterocycles. The van der Waals surface area contributed by atoms with E-state index in [1.165, 1.54) is 4.57 Å². The third-order valence-corrected chi connectivity index (χ3v) is 4.08. The molecule has 0 spiro atoms. The summed E-state index contributed by atoms with van der Waals surface area (Å²) in [5.74, 6) is 0.260. The summed E-state index contributed by atoms with van der Waals surface area (Å²) in [6, 6.07) is 17.0. The molecular formula is C21H20N2O3. The van der Waals surface area contributed by atoms with Gasteiger partial charge in [0.05, 0.1) is 17.3 Å². The molecule has 0 aliphatic carbocycles. The second kappa shape index (κ2) is 8.25. The molecule has 1 aromatic heterocycles. The SMILES string of the molecule is Cn1c(CCC(=O)OC/C=C/c2ccccc2)nc2ccccc2c1=O. The third-order valence-electron chi connectivity index (χ3n) is 4.08. The molecule has 0 atom stereocenters. The largest absolute Gasteiger partial charge is 0.461 e. The summed E-state index contributed by atoms with van der Waals surface area (Å²) in [6.07, 6.45) is 4.24. The molecule has 5 nitrogen and oxygen atoms in total. The van der Waals surface area contributed by atoms with Crippen molar-refractivity contribution in [2.24, 2.45) is 7.05 Å².